The molecule has 0 amide bonds. The Morgan fingerprint density at radius 1 is 1.00 bits per heavy atom. The van der Waals surface area contributed by atoms with Crippen LogP contribution in [-0.4, -0.2) is 31.6 Å². The van der Waals surface area contributed by atoms with E-state index in [0.717, 1.165) is 12.3 Å². The average Bonchev–Trinajstić information content (AvgIpc) is 2.85. The van der Waals surface area contributed by atoms with Crippen LogP contribution in [-0.2, 0) is 4.74 Å². The van der Waals surface area contributed by atoms with Crippen molar-refractivity contribution in [1.82, 2.24) is 4.90 Å². The fourth-order valence-electron chi connectivity index (χ4n) is 3.25. The topological polar surface area (TPSA) is 12.5 Å². The molecule has 2 aliphatic rings. The molecule has 0 bridgehead atoms. The number of likely N-dealkylation sites (N-methyl/N-ethyl adjacent to an activating group) is 1. The van der Waals surface area contributed by atoms with Gasteiger partial charge in [-0.1, -0.05) is 48.5 Å². The van der Waals surface area contributed by atoms with Crippen LogP contribution in [0.15, 0.2) is 54.6 Å². The summed E-state index contributed by atoms with van der Waals surface area (Å²) in [6.45, 7) is 0.890. The van der Waals surface area contributed by atoms with Gasteiger partial charge >= 0.3 is 0 Å². The molecule has 3 heteroatoms. The monoisotopic (exact) mass is 325 g/mol. The van der Waals surface area contributed by atoms with E-state index in [2.05, 4.69) is 79.7 Å². The number of halogens is 1. The minimum absolute atomic E-state index is 0. The highest BCUT2D eigenvalue weighted by Gasteiger charge is 2.26. The summed E-state index contributed by atoms with van der Waals surface area (Å²) < 4.78 is 6.30. The Kier molecular flexibility index (Phi) is 4.29. The minimum Gasteiger partial charge on any atom is -0.484 e. The van der Waals surface area contributed by atoms with Crippen molar-refractivity contribution in [3.63, 3.8) is 0 Å². The predicted octanol–water partition coefficient (Wildman–Crippen LogP) is 2.40. The number of ether oxygens (including phenoxy) is 1. The van der Waals surface area contributed by atoms with Crippen molar-refractivity contribution >= 4 is 29.8 Å². The fourth-order valence-corrected chi connectivity index (χ4v) is 3.25. The molecule has 2 nitrogen and oxygen atoms in total. The van der Waals surface area contributed by atoms with E-state index >= 15 is 0 Å². The molecular weight excluding hydrogens is 306 g/mol. The molecule has 0 aromatic heterocycles. The first-order valence-corrected chi connectivity index (χ1v) is 7.66. The highest BCUT2D eigenvalue weighted by atomic mass is 35.5. The minimum atomic E-state index is 0. The van der Waals surface area contributed by atoms with E-state index in [9.17, 15) is 0 Å². The van der Waals surface area contributed by atoms with E-state index in [-0.39, 0.29) is 18.5 Å². The van der Waals surface area contributed by atoms with Crippen LogP contribution in [0.1, 0.15) is 11.1 Å². The lowest BCUT2D eigenvalue weighted by Gasteiger charge is -2.15. The van der Waals surface area contributed by atoms with Gasteiger partial charge < -0.3 is 9.64 Å². The maximum atomic E-state index is 6.30. The summed E-state index contributed by atoms with van der Waals surface area (Å²) in [6, 6.07) is 17.0. The second-order valence-corrected chi connectivity index (χ2v) is 6.15. The zero-order valence-corrected chi connectivity index (χ0v) is 14.1. The molecule has 118 valence electrons. The molecule has 0 saturated heterocycles. The van der Waals surface area contributed by atoms with Gasteiger partial charge in [-0.15, -0.1) is 12.4 Å². The molecule has 0 saturated carbocycles. The van der Waals surface area contributed by atoms with Crippen LogP contribution in [0.3, 0.4) is 0 Å². The molecule has 0 N–H and O–H groups in total. The molecule has 1 aliphatic heterocycles. The molecule has 23 heavy (non-hydrogen) atoms. The third-order valence-electron chi connectivity index (χ3n) is 4.18. The first-order chi connectivity index (χ1) is 10.7. The average molecular weight is 326 g/mol. The Labute approximate surface area is 142 Å². The Balaban J connectivity index is 0.00000156. The van der Waals surface area contributed by atoms with Crippen molar-refractivity contribution < 1.29 is 4.74 Å². The lowest BCUT2D eigenvalue weighted by molar-refractivity contribution is 0.182. The largest absolute Gasteiger partial charge is 0.484 e. The molecule has 4 rings (SSSR count). The first-order valence-electron chi connectivity index (χ1n) is 7.66. The van der Waals surface area contributed by atoms with Gasteiger partial charge in [-0.25, -0.2) is 0 Å². The number of rotatable bonds is 2. The predicted molar refractivity (Wildman–Crippen MR) is 97.8 cm³/mol. The van der Waals surface area contributed by atoms with Crippen LogP contribution < -0.4 is 10.4 Å². The van der Waals surface area contributed by atoms with Crippen LogP contribution in [0, 0.1) is 0 Å². The van der Waals surface area contributed by atoms with E-state index in [1.54, 1.807) is 0 Å². The number of nitrogens with zero attached hydrogens (tertiary/aromatic N) is 1. The summed E-state index contributed by atoms with van der Waals surface area (Å²) in [5.41, 5.74) is 3.74. The molecule has 0 spiro atoms. The highest BCUT2D eigenvalue weighted by Crippen LogP contribution is 2.35. The van der Waals surface area contributed by atoms with Crippen LogP contribution in [0.25, 0.3) is 17.4 Å². The lowest BCUT2D eigenvalue weighted by atomic mass is 9.99. The van der Waals surface area contributed by atoms with E-state index in [0.29, 0.717) is 0 Å². The third kappa shape index (κ3) is 2.80. The molecule has 0 fully saturated rings. The summed E-state index contributed by atoms with van der Waals surface area (Å²) in [5.74, 6) is 1.02. The summed E-state index contributed by atoms with van der Waals surface area (Å²) in [7, 11) is 4.16. The number of fused-ring (bicyclic) bond motifs is 4. The summed E-state index contributed by atoms with van der Waals surface area (Å²) >= 11 is 0. The van der Waals surface area contributed by atoms with Crippen LogP contribution in [0.4, 0.5) is 0 Å². The third-order valence-corrected chi connectivity index (χ3v) is 4.18. The number of benzene rings is 2. The Bertz CT molecular complexity index is 883. The quantitative estimate of drug-likeness (QED) is 0.840. The van der Waals surface area contributed by atoms with Gasteiger partial charge in [-0.05, 0) is 42.6 Å². The van der Waals surface area contributed by atoms with E-state index in [1.165, 1.54) is 27.1 Å². The molecule has 1 heterocycles. The molecule has 1 unspecified atom stereocenters. The smallest absolute Gasteiger partial charge is 0.135 e. The van der Waals surface area contributed by atoms with Gasteiger partial charge in [-0.3, -0.25) is 0 Å². The SMILES string of the molecule is CN(C)CC1C=C2C(=c3ccccc3=Cc3ccccc32)O1.Cl. The van der Waals surface area contributed by atoms with Gasteiger partial charge in [0.1, 0.15) is 11.9 Å². The summed E-state index contributed by atoms with van der Waals surface area (Å²) in [4.78, 5) is 2.16. The van der Waals surface area contributed by atoms with Crippen molar-refractivity contribution in [1.29, 1.82) is 0 Å². The van der Waals surface area contributed by atoms with Gasteiger partial charge in [0.2, 0.25) is 0 Å². The van der Waals surface area contributed by atoms with E-state index in [1.807, 2.05) is 0 Å². The lowest BCUT2D eigenvalue weighted by Crippen LogP contribution is -2.28. The van der Waals surface area contributed by atoms with E-state index < -0.39 is 0 Å². The van der Waals surface area contributed by atoms with Crippen molar-refractivity contribution in [2.45, 2.75) is 6.10 Å². The van der Waals surface area contributed by atoms with Gasteiger partial charge in [0.25, 0.3) is 0 Å². The maximum absolute atomic E-state index is 6.30. The second-order valence-electron chi connectivity index (χ2n) is 6.15. The van der Waals surface area contributed by atoms with Crippen LogP contribution >= 0.6 is 12.4 Å². The van der Waals surface area contributed by atoms with Gasteiger partial charge in [0.15, 0.2) is 0 Å². The van der Waals surface area contributed by atoms with Crippen molar-refractivity contribution in [2.75, 3.05) is 20.6 Å². The number of hydrogen-bond acceptors (Lipinski definition) is 2. The summed E-state index contributed by atoms with van der Waals surface area (Å²) in [6.07, 6.45) is 4.63. The zero-order valence-electron chi connectivity index (χ0n) is 13.3. The van der Waals surface area contributed by atoms with Gasteiger partial charge in [0.05, 0.1) is 0 Å². The Hall–Kier alpha value is -2.03. The fraction of sp³-hybridized carbons (Fsp3) is 0.200. The molecular formula is C20H20ClNO. The Morgan fingerprint density at radius 3 is 2.57 bits per heavy atom. The second kappa shape index (κ2) is 6.23. The van der Waals surface area contributed by atoms with Crippen LogP contribution in [0.5, 0.6) is 0 Å². The Morgan fingerprint density at radius 2 is 1.74 bits per heavy atom. The number of hydrogen-bond donors (Lipinski definition) is 0. The van der Waals surface area contributed by atoms with E-state index in [4.69, 9.17) is 4.74 Å². The zero-order chi connectivity index (χ0) is 15.1. The summed E-state index contributed by atoms with van der Waals surface area (Å²) in [5, 5.41) is 2.41. The molecule has 1 atom stereocenters. The van der Waals surface area contributed by atoms with Crippen molar-refractivity contribution in [3.8, 4) is 0 Å². The van der Waals surface area contributed by atoms with Crippen molar-refractivity contribution in [2.24, 2.45) is 0 Å². The molecule has 2 aromatic carbocycles. The standard InChI is InChI=1S/C20H19NO.ClH/c1-21(2)13-16-12-19-17-9-5-3-7-14(17)11-15-8-4-6-10-18(15)20(19)22-16;/h3-12,16H,13H2,1-2H3;1H. The molecule has 0 radical (unpaired) electrons. The molecule has 2 aromatic rings. The van der Waals surface area contributed by atoms with Crippen molar-refractivity contribution in [3.05, 3.63) is 76.2 Å². The normalized spacial score (nSPS) is 17.8. The highest BCUT2D eigenvalue weighted by molar-refractivity contribution is 6.00. The molecule has 1 aliphatic carbocycles. The van der Waals surface area contributed by atoms with Gasteiger partial charge in [-0.2, -0.15) is 0 Å². The van der Waals surface area contributed by atoms with Gasteiger partial charge in [0, 0.05) is 17.3 Å². The first kappa shape index (κ1) is 15.9. The maximum Gasteiger partial charge on any atom is 0.135 e. The van der Waals surface area contributed by atoms with Crippen LogP contribution in [0.2, 0.25) is 0 Å².